The average molecular weight is 284 g/mol. The van der Waals surface area contributed by atoms with Gasteiger partial charge in [-0.1, -0.05) is 0 Å². The van der Waals surface area contributed by atoms with E-state index in [-0.39, 0.29) is 0 Å². The zero-order valence-corrected chi connectivity index (χ0v) is 9.66. The van der Waals surface area contributed by atoms with E-state index in [0.717, 1.165) is 26.1 Å². The van der Waals surface area contributed by atoms with Gasteiger partial charge in [-0.2, -0.15) is 0 Å². The molecular weight excluding hydrogens is 281 g/mol. The van der Waals surface area contributed by atoms with Crippen LogP contribution in [0, 0.1) is 0 Å². The molecule has 1 heterocycles. The van der Waals surface area contributed by atoms with Gasteiger partial charge in [-0.15, -0.1) is 0 Å². The molecule has 0 saturated heterocycles. The molecule has 2 heteroatoms. The summed E-state index contributed by atoms with van der Waals surface area (Å²) in [4.78, 5) is 0. The van der Waals surface area contributed by atoms with Crippen LogP contribution in [0.15, 0.2) is 17.5 Å². The number of rotatable bonds is 0. The second kappa shape index (κ2) is 2.08. The molecule has 1 aromatic heterocycles. The third kappa shape index (κ3) is 1.05. The zero-order valence-electron chi connectivity index (χ0n) is 3.35. The quantitative estimate of drug-likeness (QED) is 0.621. The molecule has 0 spiro atoms. The van der Waals surface area contributed by atoms with Gasteiger partial charge in [0.25, 0.3) is 0 Å². The van der Waals surface area contributed by atoms with Crippen molar-refractivity contribution in [2.75, 3.05) is 0 Å². The number of thiophene rings is 1. The molecule has 0 aliphatic heterocycles. The van der Waals surface area contributed by atoms with E-state index in [1.54, 1.807) is 2.39 Å². The Bertz CT molecular complexity index is 111. The third-order valence-corrected chi connectivity index (χ3v) is 4.17. The minimum atomic E-state index is 0.860. The van der Waals surface area contributed by atoms with Crippen molar-refractivity contribution in [1.29, 1.82) is 0 Å². The standard InChI is InChI=1S/C4H3S.Hg/c1-2-4-5-3-1;/h1-3H;/q;+1. The van der Waals surface area contributed by atoms with Crippen LogP contribution in [0.3, 0.4) is 0 Å². The van der Waals surface area contributed by atoms with Crippen molar-refractivity contribution in [1.82, 2.24) is 0 Å². The Kier molecular flexibility index (Phi) is 1.66. The van der Waals surface area contributed by atoms with Crippen molar-refractivity contribution in [3.63, 3.8) is 0 Å². The third-order valence-electron chi connectivity index (χ3n) is 0.580. The first-order chi connectivity index (χ1) is 2.89. The maximum absolute atomic E-state index is 2.19. The van der Waals surface area contributed by atoms with Gasteiger partial charge in [-0.05, 0) is 0 Å². The fraction of sp³-hybridized carbons (Fsp3) is 0. The summed E-state index contributed by atoms with van der Waals surface area (Å²) in [7, 11) is 0. The Morgan fingerprint density at radius 2 is 2.50 bits per heavy atom. The molecule has 0 unspecified atom stereocenters. The van der Waals surface area contributed by atoms with Crippen LogP contribution in [0.4, 0.5) is 0 Å². The van der Waals surface area contributed by atoms with Crippen molar-refractivity contribution >= 4 is 13.7 Å². The fourth-order valence-corrected chi connectivity index (χ4v) is 2.45. The van der Waals surface area contributed by atoms with Crippen LogP contribution in [-0.4, -0.2) is 0 Å². The summed E-state index contributed by atoms with van der Waals surface area (Å²) < 4.78 is 1.58. The second-order valence-electron chi connectivity index (χ2n) is 1.08. The Labute approximate surface area is 57.2 Å². The monoisotopic (exact) mass is 285 g/mol. The summed E-state index contributed by atoms with van der Waals surface area (Å²) in [6.45, 7) is 0. The van der Waals surface area contributed by atoms with E-state index < -0.39 is 0 Å². The van der Waals surface area contributed by atoms with E-state index in [0.29, 0.717) is 0 Å². The van der Waals surface area contributed by atoms with E-state index >= 15 is 0 Å². The molecular formula is C4H3HgS+. The Morgan fingerprint density at radius 1 is 1.67 bits per heavy atom. The molecule has 0 nitrogen and oxygen atoms in total. The van der Waals surface area contributed by atoms with Crippen LogP contribution in [0.5, 0.6) is 0 Å². The van der Waals surface area contributed by atoms with Crippen LogP contribution in [-0.2, 0) is 26.1 Å². The second-order valence-corrected chi connectivity index (χ2v) is 7.07. The molecule has 0 amide bonds. The summed E-state index contributed by atoms with van der Waals surface area (Å²) >= 11 is 2.72. The van der Waals surface area contributed by atoms with Gasteiger partial charge in [-0.3, -0.25) is 0 Å². The van der Waals surface area contributed by atoms with Gasteiger partial charge in [0.1, 0.15) is 0 Å². The van der Waals surface area contributed by atoms with Crippen molar-refractivity contribution in [2.24, 2.45) is 0 Å². The van der Waals surface area contributed by atoms with E-state index in [4.69, 9.17) is 0 Å². The molecule has 26 valence electrons. The molecule has 0 fully saturated rings. The normalized spacial score (nSPS) is 9.00. The first-order valence-corrected chi connectivity index (χ1v) is 5.38. The molecule has 0 bridgehead atoms. The predicted octanol–water partition coefficient (Wildman–Crippen LogP) is 0.920. The van der Waals surface area contributed by atoms with Crippen molar-refractivity contribution in [2.45, 2.75) is 0 Å². The summed E-state index contributed by atoms with van der Waals surface area (Å²) in [6.07, 6.45) is 0. The molecule has 0 aliphatic rings. The van der Waals surface area contributed by atoms with E-state index in [2.05, 4.69) is 17.5 Å². The van der Waals surface area contributed by atoms with Crippen LogP contribution >= 0.6 is 11.3 Å². The summed E-state index contributed by atoms with van der Waals surface area (Å²) in [5.41, 5.74) is 0. The first kappa shape index (κ1) is 4.79. The molecule has 0 aromatic carbocycles. The van der Waals surface area contributed by atoms with Gasteiger partial charge in [0.2, 0.25) is 0 Å². The van der Waals surface area contributed by atoms with Crippen molar-refractivity contribution in [3.05, 3.63) is 17.5 Å². The van der Waals surface area contributed by atoms with Crippen LogP contribution < -0.4 is 2.39 Å². The fourth-order valence-electron chi connectivity index (χ4n) is 0.313. The van der Waals surface area contributed by atoms with Gasteiger partial charge in [0.15, 0.2) is 0 Å². The van der Waals surface area contributed by atoms with Gasteiger partial charge in [0, 0.05) is 0 Å². The van der Waals surface area contributed by atoms with E-state index in [1.165, 1.54) is 0 Å². The molecule has 0 aliphatic carbocycles. The average Bonchev–Trinajstić information content (AvgIpc) is 1.86. The molecule has 0 radical (unpaired) electrons. The molecule has 6 heavy (non-hydrogen) atoms. The van der Waals surface area contributed by atoms with Gasteiger partial charge < -0.3 is 0 Å². The molecule has 0 N–H and O–H groups in total. The van der Waals surface area contributed by atoms with E-state index in [1.807, 2.05) is 11.3 Å². The molecule has 0 saturated carbocycles. The van der Waals surface area contributed by atoms with Gasteiger partial charge in [-0.25, -0.2) is 0 Å². The van der Waals surface area contributed by atoms with E-state index in [9.17, 15) is 0 Å². The zero-order chi connectivity index (χ0) is 4.41. The van der Waals surface area contributed by atoms with Gasteiger partial charge >= 0.3 is 57.4 Å². The minimum absolute atomic E-state index is 0.860. The first-order valence-electron chi connectivity index (χ1n) is 1.75. The van der Waals surface area contributed by atoms with Crippen LogP contribution in [0.1, 0.15) is 0 Å². The predicted molar refractivity (Wildman–Crippen MR) is 24.0 cm³/mol. The molecule has 0 atom stereocenters. The van der Waals surface area contributed by atoms with Crippen molar-refractivity contribution < 1.29 is 26.1 Å². The topological polar surface area (TPSA) is 0 Å². The number of hydrogen-bond donors (Lipinski definition) is 0. The SMILES string of the molecule is [Hg+][c]1cccs1. The summed E-state index contributed by atoms with van der Waals surface area (Å²) in [5, 5.41) is 2.13. The molecule has 1 aromatic rings. The Balaban J connectivity index is 3.05. The van der Waals surface area contributed by atoms with Crippen LogP contribution in [0.25, 0.3) is 0 Å². The summed E-state index contributed by atoms with van der Waals surface area (Å²) in [6, 6.07) is 4.29. The number of hydrogen-bond acceptors (Lipinski definition) is 1. The van der Waals surface area contributed by atoms with Crippen molar-refractivity contribution in [3.8, 4) is 0 Å². The van der Waals surface area contributed by atoms with Crippen LogP contribution in [0.2, 0.25) is 0 Å². The maximum atomic E-state index is 2.19. The molecule has 1 rings (SSSR count). The van der Waals surface area contributed by atoms with Gasteiger partial charge in [0.05, 0.1) is 0 Å². The summed E-state index contributed by atoms with van der Waals surface area (Å²) in [5.74, 6) is 0. The Hall–Kier alpha value is 0.635. The Morgan fingerprint density at radius 3 is 2.67 bits per heavy atom.